The van der Waals surface area contributed by atoms with Crippen molar-refractivity contribution in [3.05, 3.63) is 29.6 Å². The highest BCUT2D eigenvalue weighted by Gasteiger charge is 2.24. The van der Waals surface area contributed by atoms with E-state index in [0.717, 1.165) is 31.2 Å². The van der Waals surface area contributed by atoms with Gasteiger partial charge in [-0.3, -0.25) is 9.52 Å². The number of nitrogens with one attached hydrogen (secondary N) is 1. The fourth-order valence-corrected chi connectivity index (χ4v) is 2.94. The summed E-state index contributed by atoms with van der Waals surface area (Å²) in [5, 5.41) is 0. The summed E-state index contributed by atoms with van der Waals surface area (Å²) in [6.07, 6.45) is 2.79. The molecular formula is C14H19FN2O3S. The summed E-state index contributed by atoms with van der Waals surface area (Å²) in [5.41, 5.74) is 0.164. The molecule has 0 saturated carbocycles. The van der Waals surface area contributed by atoms with Crippen LogP contribution in [-0.4, -0.2) is 38.6 Å². The van der Waals surface area contributed by atoms with Crippen LogP contribution >= 0.6 is 0 Å². The van der Waals surface area contributed by atoms with Crippen LogP contribution in [0.2, 0.25) is 0 Å². The van der Waals surface area contributed by atoms with E-state index >= 15 is 0 Å². The summed E-state index contributed by atoms with van der Waals surface area (Å²) >= 11 is 0. The van der Waals surface area contributed by atoms with Gasteiger partial charge in [-0.2, -0.15) is 0 Å². The first kappa shape index (κ1) is 15.8. The molecule has 116 valence electrons. The monoisotopic (exact) mass is 314 g/mol. The Morgan fingerprint density at radius 3 is 2.52 bits per heavy atom. The molecule has 5 nitrogen and oxygen atoms in total. The van der Waals surface area contributed by atoms with E-state index in [9.17, 15) is 17.6 Å². The molecule has 0 aromatic heterocycles. The molecule has 1 fully saturated rings. The van der Waals surface area contributed by atoms with E-state index in [2.05, 4.69) is 11.6 Å². The zero-order valence-corrected chi connectivity index (χ0v) is 12.9. The largest absolute Gasteiger partial charge is 0.339 e. The smallest absolute Gasteiger partial charge is 0.256 e. The summed E-state index contributed by atoms with van der Waals surface area (Å²) in [6, 6.07) is 3.48. The molecule has 21 heavy (non-hydrogen) atoms. The van der Waals surface area contributed by atoms with E-state index in [0.29, 0.717) is 19.0 Å². The van der Waals surface area contributed by atoms with Crippen LogP contribution in [0.5, 0.6) is 0 Å². The molecule has 0 unspecified atom stereocenters. The normalized spacial score (nSPS) is 16.8. The molecule has 1 aromatic rings. The van der Waals surface area contributed by atoms with Crippen molar-refractivity contribution in [1.82, 2.24) is 4.90 Å². The molecule has 1 aromatic carbocycles. The lowest BCUT2D eigenvalue weighted by Gasteiger charge is -2.30. The zero-order valence-electron chi connectivity index (χ0n) is 12.1. The molecule has 1 heterocycles. The highest BCUT2D eigenvalue weighted by molar-refractivity contribution is 7.92. The minimum absolute atomic E-state index is 0.0509. The van der Waals surface area contributed by atoms with E-state index in [-0.39, 0.29) is 17.2 Å². The fourth-order valence-electron chi connectivity index (χ4n) is 2.36. The number of anilines is 1. The number of piperidine rings is 1. The highest BCUT2D eigenvalue weighted by atomic mass is 32.2. The lowest BCUT2D eigenvalue weighted by atomic mass is 9.98. The Bertz CT molecular complexity index is 638. The molecule has 1 aliphatic heterocycles. The number of carbonyl (C=O) groups is 1. The number of hydrogen-bond donors (Lipinski definition) is 1. The summed E-state index contributed by atoms with van der Waals surface area (Å²) in [5.74, 6) is -0.342. The van der Waals surface area contributed by atoms with Crippen LogP contribution in [0, 0.1) is 11.7 Å². The van der Waals surface area contributed by atoms with Crippen molar-refractivity contribution >= 4 is 21.6 Å². The van der Waals surface area contributed by atoms with Crippen LogP contribution in [-0.2, 0) is 10.0 Å². The number of rotatable bonds is 3. The summed E-state index contributed by atoms with van der Waals surface area (Å²) in [7, 11) is -3.53. The minimum Gasteiger partial charge on any atom is -0.339 e. The average molecular weight is 314 g/mol. The highest BCUT2D eigenvalue weighted by Crippen LogP contribution is 2.23. The second-order valence-corrected chi connectivity index (χ2v) is 7.29. The van der Waals surface area contributed by atoms with Crippen molar-refractivity contribution in [3.8, 4) is 0 Å². The van der Waals surface area contributed by atoms with Crippen molar-refractivity contribution in [1.29, 1.82) is 0 Å². The predicted molar refractivity (Wildman–Crippen MR) is 79.2 cm³/mol. The van der Waals surface area contributed by atoms with Crippen molar-refractivity contribution in [2.24, 2.45) is 5.92 Å². The fraction of sp³-hybridized carbons (Fsp3) is 0.500. The molecule has 0 atom stereocenters. The van der Waals surface area contributed by atoms with Gasteiger partial charge in [-0.05, 0) is 37.0 Å². The Morgan fingerprint density at radius 1 is 1.33 bits per heavy atom. The minimum atomic E-state index is -3.53. The first-order valence-electron chi connectivity index (χ1n) is 6.83. The third-order valence-electron chi connectivity index (χ3n) is 3.58. The third-order valence-corrected chi connectivity index (χ3v) is 4.17. The predicted octanol–water partition coefficient (Wildman–Crippen LogP) is 2.07. The Kier molecular flexibility index (Phi) is 4.51. The molecule has 7 heteroatoms. The lowest BCUT2D eigenvalue weighted by molar-refractivity contribution is 0.0698. The quantitative estimate of drug-likeness (QED) is 0.929. The van der Waals surface area contributed by atoms with Gasteiger partial charge in [0.05, 0.1) is 17.5 Å². The molecule has 0 bridgehead atoms. The number of halogens is 1. The van der Waals surface area contributed by atoms with Gasteiger partial charge in [0.2, 0.25) is 10.0 Å². The summed E-state index contributed by atoms with van der Waals surface area (Å²) < 4.78 is 38.4. The SMILES string of the molecule is CC1CCN(C(=O)c2cc(F)ccc2NS(C)(=O)=O)CC1. The summed E-state index contributed by atoms with van der Waals surface area (Å²) in [4.78, 5) is 14.1. The van der Waals surface area contributed by atoms with E-state index in [1.807, 2.05) is 0 Å². The second kappa shape index (κ2) is 6.01. The Morgan fingerprint density at radius 2 is 1.95 bits per heavy atom. The zero-order chi connectivity index (χ0) is 15.6. The number of benzene rings is 1. The van der Waals surface area contributed by atoms with Gasteiger partial charge in [0.1, 0.15) is 5.82 Å². The van der Waals surface area contributed by atoms with Crippen LogP contribution in [0.25, 0.3) is 0 Å². The molecule has 2 rings (SSSR count). The maximum Gasteiger partial charge on any atom is 0.256 e. The van der Waals surface area contributed by atoms with Gasteiger partial charge in [-0.15, -0.1) is 0 Å². The van der Waals surface area contributed by atoms with Crippen molar-refractivity contribution in [3.63, 3.8) is 0 Å². The van der Waals surface area contributed by atoms with Gasteiger partial charge >= 0.3 is 0 Å². The van der Waals surface area contributed by atoms with Gasteiger partial charge in [-0.25, -0.2) is 12.8 Å². The number of carbonyl (C=O) groups excluding carboxylic acids is 1. The molecule has 0 spiro atoms. The maximum atomic E-state index is 13.4. The molecule has 0 radical (unpaired) electrons. The van der Waals surface area contributed by atoms with E-state index in [1.165, 1.54) is 6.07 Å². The summed E-state index contributed by atoms with van der Waals surface area (Å²) in [6.45, 7) is 3.34. The van der Waals surface area contributed by atoms with Crippen molar-refractivity contribution in [2.45, 2.75) is 19.8 Å². The number of likely N-dealkylation sites (tertiary alicyclic amines) is 1. The van der Waals surface area contributed by atoms with Gasteiger partial charge in [-0.1, -0.05) is 6.92 Å². The van der Waals surface area contributed by atoms with Gasteiger partial charge in [0, 0.05) is 13.1 Å². The number of sulfonamides is 1. The molecule has 0 aliphatic carbocycles. The standard InChI is InChI=1S/C14H19FN2O3S/c1-10-5-7-17(8-6-10)14(18)12-9-11(15)3-4-13(12)16-21(2,19)20/h3-4,9-10,16H,5-8H2,1-2H3. The molecular weight excluding hydrogens is 295 g/mol. The van der Waals surface area contributed by atoms with Crippen molar-refractivity contribution < 1.29 is 17.6 Å². The first-order chi connectivity index (χ1) is 9.76. The van der Waals surface area contributed by atoms with E-state index in [1.54, 1.807) is 4.90 Å². The van der Waals surface area contributed by atoms with E-state index < -0.39 is 15.8 Å². The second-order valence-electron chi connectivity index (χ2n) is 5.54. The van der Waals surface area contributed by atoms with Gasteiger partial charge in [0.25, 0.3) is 5.91 Å². The first-order valence-corrected chi connectivity index (χ1v) is 8.72. The van der Waals surface area contributed by atoms with Crippen LogP contribution < -0.4 is 4.72 Å². The maximum absolute atomic E-state index is 13.4. The van der Waals surface area contributed by atoms with Gasteiger partial charge < -0.3 is 4.90 Å². The number of amides is 1. The Labute approximate surface area is 124 Å². The molecule has 1 amide bonds. The Hall–Kier alpha value is -1.63. The third kappa shape index (κ3) is 4.17. The Balaban J connectivity index is 2.29. The van der Waals surface area contributed by atoms with Crippen LogP contribution in [0.15, 0.2) is 18.2 Å². The van der Waals surface area contributed by atoms with Crippen LogP contribution in [0.3, 0.4) is 0 Å². The average Bonchev–Trinajstić information content (AvgIpc) is 2.39. The topological polar surface area (TPSA) is 66.5 Å². The van der Waals surface area contributed by atoms with Crippen LogP contribution in [0.1, 0.15) is 30.1 Å². The number of hydrogen-bond acceptors (Lipinski definition) is 3. The van der Waals surface area contributed by atoms with Crippen molar-refractivity contribution in [2.75, 3.05) is 24.1 Å². The molecule has 1 N–H and O–H groups in total. The number of nitrogens with zero attached hydrogens (tertiary/aromatic N) is 1. The van der Waals surface area contributed by atoms with Gasteiger partial charge in [0.15, 0.2) is 0 Å². The van der Waals surface area contributed by atoms with Crippen LogP contribution in [0.4, 0.5) is 10.1 Å². The van der Waals surface area contributed by atoms with E-state index in [4.69, 9.17) is 0 Å². The molecule has 1 aliphatic rings. The molecule has 1 saturated heterocycles. The lowest BCUT2D eigenvalue weighted by Crippen LogP contribution is -2.38.